The van der Waals surface area contributed by atoms with Crippen LogP contribution in [-0.2, 0) is 25.5 Å². The Hall–Kier alpha value is -2.99. The zero-order valence-corrected chi connectivity index (χ0v) is 25.8. The number of nitrogens with two attached hydrogens (primary N) is 1. The average molecular weight is 616 g/mol. The van der Waals surface area contributed by atoms with Crippen molar-refractivity contribution >= 4 is 29.5 Å². The van der Waals surface area contributed by atoms with E-state index in [2.05, 4.69) is 5.32 Å². The molecular formula is C30H44F3N3O5S. The molecule has 1 aliphatic heterocycles. The largest absolute Gasteiger partial charge is 0.490 e. The third-order valence-electron chi connectivity index (χ3n) is 6.26. The average Bonchev–Trinajstić information content (AvgIpc) is 3.43. The van der Waals surface area contributed by atoms with Crippen molar-refractivity contribution in [3.63, 3.8) is 0 Å². The fourth-order valence-electron chi connectivity index (χ4n) is 4.04. The number of rotatable bonds is 15. The number of carboxylic acid groups (broad SMARTS) is 1. The maximum absolute atomic E-state index is 13.9. The topological polar surface area (TPSA) is 122 Å². The van der Waals surface area contributed by atoms with Gasteiger partial charge in [-0.2, -0.15) is 0 Å². The molecule has 1 heterocycles. The highest BCUT2D eigenvalue weighted by Crippen LogP contribution is 2.25. The monoisotopic (exact) mass is 615 g/mol. The number of ether oxygens (including phenoxy) is 1. The van der Waals surface area contributed by atoms with Gasteiger partial charge in [0.2, 0.25) is 5.91 Å². The molecule has 0 radical (unpaired) electrons. The van der Waals surface area contributed by atoms with Crippen molar-refractivity contribution in [2.45, 2.75) is 84.2 Å². The van der Waals surface area contributed by atoms with Gasteiger partial charge in [0.1, 0.15) is 17.7 Å². The number of nitrogens with zero attached hydrogens (tertiary/aromatic N) is 1. The number of carboxylic acids is 1. The van der Waals surface area contributed by atoms with Gasteiger partial charge in [-0.1, -0.05) is 33.8 Å². The van der Waals surface area contributed by atoms with Crippen molar-refractivity contribution < 1.29 is 37.4 Å². The fourth-order valence-corrected chi connectivity index (χ4v) is 5.20. The number of hydrogen-bond acceptors (Lipinski definition) is 6. The minimum atomic E-state index is -1.30. The summed E-state index contributed by atoms with van der Waals surface area (Å²) >= 11 is 1.33. The number of thioether (sulfide) groups is 1. The van der Waals surface area contributed by atoms with Crippen LogP contribution in [0.25, 0.3) is 0 Å². The van der Waals surface area contributed by atoms with Crippen molar-refractivity contribution in [2.24, 2.45) is 11.7 Å². The van der Waals surface area contributed by atoms with Gasteiger partial charge in [-0.25, -0.2) is 13.2 Å². The SMILES string of the molecule is C/C=C(\C=C/CCCNC(=O)C1SCCN1C(=O)CC(N)Cc1cc(F)c(F)cc1F)O[C@H](CC(=O)O)C(C)C.CC. The Bertz CT molecular complexity index is 1100. The van der Waals surface area contributed by atoms with E-state index < -0.39 is 40.9 Å². The summed E-state index contributed by atoms with van der Waals surface area (Å²) in [6.07, 6.45) is 5.85. The highest BCUT2D eigenvalue weighted by atomic mass is 32.2. The van der Waals surface area contributed by atoms with Crippen LogP contribution in [0.3, 0.4) is 0 Å². The van der Waals surface area contributed by atoms with Crippen molar-refractivity contribution in [3.05, 3.63) is 59.1 Å². The normalized spacial score (nSPS) is 16.7. The Morgan fingerprint density at radius 2 is 1.83 bits per heavy atom. The summed E-state index contributed by atoms with van der Waals surface area (Å²) in [4.78, 5) is 38.0. The van der Waals surface area contributed by atoms with Gasteiger partial charge < -0.3 is 25.8 Å². The highest BCUT2D eigenvalue weighted by Gasteiger charge is 2.35. The minimum Gasteiger partial charge on any atom is -0.490 e. The summed E-state index contributed by atoms with van der Waals surface area (Å²) in [5.41, 5.74) is 5.87. The molecule has 4 N–H and O–H groups in total. The molecule has 0 aromatic heterocycles. The van der Waals surface area contributed by atoms with Crippen LogP contribution in [0.2, 0.25) is 0 Å². The van der Waals surface area contributed by atoms with E-state index in [-0.39, 0.29) is 42.6 Å². The first-order chi connectivity index (χ1) is 19.9. The molecule has 0 saturated carbocycles. The Labute approximate surface area is 250 Å². The van der Waals surface area contributed by atoms with Gasteiger partial charge in [0.15, 0.2) is 17.0 Å². The molecule has 2 unspecified atom stereocenters. The molecule has 2 amide bonds. The molecule has 3 atom stereocenters. The number of allylic oxidation sites excluding steroid dienone is 3. The summed E-state index contributed by atoms with van der Waals surface area (Å²) in [7, 11) is 0. The number of carbonyl (C=O) groups excluding carboxylic acids is 2. The molecular weight excluding hydrogens is 571 g/mol. The molecule has 2 rings (SSSR count). The summed E-state index contributed by atoms with van der Waals surface area (Å²) in [6.45, 7) is 10.4. The lowest BCUT2D eigenvalue weighted by Gasteiger charge is -2.24. The van der Waals surface area contributed by atoms with Gasteiger partial charge in [-0.3, -0.25) is 14.4 Å². The Balaban J connectivity index is 0.00000431. The third-order valence-corrected chi connectivity index (χ3v) is 7.47. The van der Waals surface area contributed by atoms with Crippen LogP contribution in [0.1, 0.15) is 65.9 Å². The van der Waals surface area contributed by atoms with Crippen molar-refractivity contribution in [2.75, 3.05) is 18.8 Å². The number of hydrogen-bond donors (Lipinski definition) is 3. The standard InChI is InChI=1S/C28H38F3N3O5S.C2H6/c1-4-20(39-24(17(2)3)16-26(36)37)8-6-5-7-9-33-27(38)28-34(10-11-40-28)25(35)14-19(32)12-18-13-22(30)23(31)15-21(18)29;1-2/h4,6,8,13,15,17,19,24,28H,5,7,9-12,14,16,32H2,1-3H3,(H,33,38)(H,36,37);1-2H3/b8-6-,20-4+;/t19?,24-,28?;/m1./s1. The Kier molecular flexibility index (Phi) is 17.0. The van der Waals surface area contributed by atoms with Gasteiger partial charge in [0, 0.05) is 37.4 Å². The number of unbranched alkanes of at least 4 members (excludes halogenated alkanes) is 1. The lowest BCUT2D eigenvalue weighted by atomic mass is 10.0. The fraction of sp³-hybridized carbons (Fsp3) is 0.567. The summed E-state index contributed by atoms with van der Waals surface area (Å²) < 4.78 is 46.4. The summed E-state index contributed by atoms with van der Waals surface area (Å²) in [5, 5.41) is 11.2. The molecule has 1 aromatic carbocycles. The van der Waals surface area contributed by atoms with E-state index in [9.17, 15) is 27.6 Å². The van der Waals surface area contributed by atoms with Gasteiger partial charge in [0.25, 0.3) is 5.91 Å². The lowest BCUT2D eigenvalue weighted by Crippen LogP contribution is -2.46. The van der Waals surface area contributed by atoms with E-state index in [1.165, 1.54) is 16.7 Å². The summed E-state index contributed by atoms with van der Waals surface area (Å²) in [5.74, 6) is -3.83. The zero-order valence-electron chi connectivity index (χ0n) is 25.0. The van der Waals surface area contributed by atoms with Crippen LogP contribution < -0.4 is 11.1 Å². The van der Waals surface area contributed by atoms with E-state index in [0.29, 0.717) is 43.5 Å². The number of halogens is 3. The number of carbonyl (C=O) groups is 3. The smallest absolute Gasteiger partial charge is 0.307 e. The van der Waals surface area contributed by atoms with Gasteiger partial charge >= 0.3 is 5.97 Å². The van der Waals surface area contributed by atoms with Crippen molar-refractivity contribution in [1.29, 1.82) is 0 Å². The number of amides is 2. The lowest BCUT2D eigenvalue weighted by molar-refractivity contribution is -0.140. The van der Waals surface area contributed by atoms with Crippen LogP contribution in [0.4, 0.5) is 13.2 Å². The molecule has 1 fully saturated rings. The van der Waals surface area contributed by atoms with E-state index >= 15 is 0 Å². The minimum absolute atomic E-state index is 0.0349. The number of benzene rings is 1. The van der Waals surface area contributed by atoms with Crippen LogP contribution >= 0.6 is 11.8 Å². The van der Waals surface area contributed by atoms with Crippen LogP contribution in [-0.4, -0.2) is 64.2 Å². The Morgan fingerprint density at radius 3 is 2.45 bits per heavy atom. The van der Waals surface area contributed by atoms with Gasteiger partial charge in [-0.05, 0) is 55.9 Å². The van der Waals surface area contributed by atoms with Crippen LogP contribution in [0.15, 0.2) is 36.1 Å². The predicted molar refractivity (Wildman–Crippen MR) is 159 cm³/mol. The molecule has 236 valence electrons. The molecule has 1 saturated heterocycles. The van der Waals surface area contributed by atoms with Gasteiger partial charge in [-0.15, -0.1) is 11.8 Å². The molecule has 0 bridgehead atoms. The number of aliphatic carboxylic acids is 1. The maximum atomic E-state index is 13.9. The van der Waals surface area contributed by atoms with Crippen LogP contribution in [0.5, 0.6) is 0 Å². The first-order valence-corrected chi connectivity index (χ1v) is 15.3. The molecule has 42 heavy (non-hydrogen) atoms. The molecule has 8 nitrogen and oxygen atoms in total. The van der Waals surface area contributed by atoms with E-state index in [1.54, 1.807) is 19.1 Å². The van der Waals surface area contributed by atoms with Crippen molar-refractivity contribution in [1.82, 2.24) is 10.2 Å². The molecule has 0 aliphatic carbocycles. The second-order valence-corrected chi connectivity index (χ2v) is 11.0. The third kappa shape index (κ3) is 12.5. The van der Waals surface area contributed by atoms with E-state index in [1.807, 2.05) is 33.8 Å². The molecule has 12 heteroatoms. The first-order valence-electron chi connectivity index (χ1n) is 14.2. The highest BCUT2D eigenvalue weighted by molar-refractivity contribution is 8.00. The van der Waals surface area contributed by atoms with E-state index in [0.717, 1.165) is 6.07 Å². The number of nitrogens with one attached hydrogen (secondary N) is 1. The summed E-state index contributed by atoms with van der Waals surface area (Å²) in [6, 6.07) is 0.351. The van der Waals surface area contributed by atoms with Crippen LogP contribution in [0, 0.1) is 23.4 Å². The maximum Gasteiger partial charge on any atom is 0.307 e. The first kappa shape index (κ1) is 37.0. The predicted octanol–water partition coefficient (Wildman–Crippen LogP) is 5.16. The quantitative estimate of drug-likeness (QED) is 0.108. The van der Waals surface area contributed by atoms with Gasteiger partial charge in [0.05, 0.1) is 6.42 Å². The zero-order chi connectivity index (χ0) is 31.8. The molecule has 0 spiro atoms. The van der Waals surface area contributed by atoms with Crippen molar-refractivity contribution in [3.8, 4) is 0 Å². The Morgan fingerprint density at radius 1 is 1.17 bits per heavy atom. The molecule has 1 aliphatic rings. The second-order valence-electron chi connectivity index (χ2n) is 9.86. The molecule has 1 aromatic rings. The second kappa shape index (κ2) is 19.2. The van der Waals surface area contributed by atoms with E-state index in [4.69, 9.17) is 15.6 Å².